The number of para-hydroxylation sites is 1. The van der Waals surface area contributed by atoms with Gasteiger partial charge in [0.15, 0.2) is 11.5 Å². The lowest BCUT2D eigenvalue weighted by Gasteiger charge is -2.17. The summed E-state index contributed by atoms with van der Waals surface area (Å²) in [6, 6.07) is 5.14. The zero-order chi connectivity index (χ0) is 10.8. The molecule has 0 bridgehead atoms. The number of carbonyl (C=O) groups excluding carboxylic acids is 1. The molecule has 1 N–H and O–H groups in total. The average Bonchev–Trinajstić information content (AvgIpc) is 2.26. The van der Waals surface area contributed by atoms with E-state index in [1.807, 2.05) is 0 Å². The van der Waals surface area contributed by atoms with Crippen LogP contribution in [-0.4, -0.2) is 13.0 Å². The first-order valence-corrected chi connectivity index (χ1v) is 5.07. The van der Waals surface area contributed by atoms with E-state index >= 15 is 0 Å². The van der Waals surface area contributed by atoms with Crippen molar-refractivity contribution in [1.29, 1.82) is 0 Å². The van der Waals surface area contributed by atoms with Gasteiger partial charge in [0.05, 0.1) is 5.56 Å². The van der Waals surface area contributed by atoms with Crippen LogP contribution < -0.4 is 14.8 Å². The predicted octanol–water partition coefficient (Wildman–Crippen LogP) is 2.01. The SMILES string of the molecule is CNC(=O)c1cccc2c1OC=C(Br)O2. The van der Waals surface area contributed by atoms with E-state index in [9.17, 15) is 4.79 Å². The van der Waals surface area contributed by atoms with E-state index in [1.165, 1.54) is 6.26 Å². The van der Waals surface area contributed by atoms with Gasteiger partial charge in [-0.1, -0.05) is 6.07 Å². The number of hydrogen-bond donors (Lipinski definition) is 1. The molecule has 0 unspecified atom stereocenters. The minimum Gasteiger partial charge on any atom is -0.456 e. The lowest BCUT2D eigenvalue weighted by molar-refractivity contribution is 0.0959. The number of fused-ring (bicyclic) bond motifs is 1. The van der Waals surface area contributed by atoms with E-state index < -0.39 is 0 Å². The van der Waals surface area contributed by atoms with Crippen LogP contribution in [-0.2, 0) is 0 Å². The Bertz CT molecular complexity index is 442. The second-order valence-electron chi connectivity index (χ2n) is 2.85. The Balaban J connectivity index is 2.46. The smallest absolute Gasteiger partial charge is 0.254 e. The molecule has 0 saturated carbocycles. The molecule has 1 aromatic carbocycles. The van der Waals surface area contributed by atoms with Gasteiger partial charge >= 0.3 is 0 Å². The minimum absolute atomic E-state index is 0.207. The van der Waals surface area contributed by atoms with Crippen LogP contribution in [0.3, 0.4) is 0 Å². The molecule has 1 aliphatic rings. The van der Waals surface area contributed by atoms with Crippen molar-refractivity contribution in [3.05, 3.63) is 34.7 Å². The Morgan fingerprint density at radius 3 is 3.00 bits per heavy atom. The third kappa shape index (κ3) is 1.83. The first-order valence-electron chi connectivity index (χ1n) is 4.27. The Kier molecular flexibility index (Phi) is 2.64. The van der Waals surface area contributed by atoms with E-state index in [0.717, 1.165) is 0 Å². The molecule has 78 valence electrons. The second-order valence-corrected chi connectivity index (χ2v) is 3.64. The van der Waals surface area contributed by atoms with E-state index in [4.69, 9.17) is 9.47 Å². The van der Waals surface area contributed by atoms with Crippen molar-refractivity contribution < 1.29 is 14.3 Å². The van der Waals surface area contributed by atoms with E-state index in [2.05, 4.69) is 21.2 Å². The first-order chi connectivity index (χ1) is 7.22. The molecule has 1 aromatic rings. The van der Waals surface area contributed by atoms with Gasteiger partial charge in [-0.05, 0) is 28.1 Å². The van der Waals surface area contributed by atoms with Crippen LogP contribution in [0.15, 0.2) is 29.1 Å². The summed E-state index contributed by atoms with van der Waals surface area (Å²) in [7, 11) is 1.57. The van der Waals surface area contributed by atoms with Gasteiger partial charge in [0.2, 0.25) is 4.67 Å². The van der Waals surface area contributed by atoms with Crippen molar-refractivity contribution in [2.45, 2.75) is 0 Å². The van der Waals surface area contributed by atoms with Crippen LogP contribution in [0.2, 0.25) is 0 Å². The Morgan fingerprint density at radius 1 is 1.47 bits per heavy atom. The van der Waals surface area contributed by atoms with Crippen LogP contribution in [0.25, 0.3) is 0 Å². The number of nitrogens with one attached hydrogen (secondary N) is 1. The Labute approximate surface area is 95.0 Å². The molecule has 1 heterocycles. The monoisotopic (exact) mass is 269 g/mol. The Hall–Kier alpha value is -1.49. The quantitative estimate of drug-likeness (QED) is 0.849. The fourth-order valence-electron chi connectivity index (χ4n) is 1.27. The fourth-order valence-corrected chi connectivity index (χ4v) is 1.53. The van der Waals surface area contributed by atoms with Crippen LogP contribution in [0.4, 0.5) is 0 Å². The summed E-state index contributed by atoms with van der Waals surface area (Å²) in [5.74, 6) is 0.743. The predicted molar refractivity (Wildman–Crippen MR) is 58.1 cm³/mol. The van der Waals surface area contributed by atoms with Gasteiger partial charge in [0.25, 0.3) is 5.91 Å². The van der Waals surface area contributed by atoms with Gasteiger partial charge in [-0.25, -0.2) is 0 Å². The number of carbonyl (C=O) groups is 1. The van der Waals surface area contributed by atoms with Gasteiger partial charge in [-0.15, -0.1) is 0 Å². The molecule has 0 aromatic heterocycles. The standard InChI is InChI=1S/C10H8BrNO3/c1-12-10(13)6-3-2-4-7-9(6)14-5-8(11)15-7/h2-5H,1H3,(H,12,13). The highest BCUT2D eigenvalue weighted by Crippen LogP contribution is 2.36. The van der Waals surface area contributed by atoms with Gasteiger partial charge < -0.3 is 14.8 Å². The highest BCUT2D eigenvalue weighted by molar-refractivity contribution is 9.11. The van der Waals surface area contributed by atoms with Gasteiger partial charge in [-0.2, -0.15) is 0 Å². The highest BCUT2D eigenvalue weighted by Gasteiger charge is 2.19. The van der Waals surface area contributed by atoms with E-state index in [0.29, 0.717) is 21.7 Å². The van der Waals surface area contributed by atoms with Gasteiger partial charge in [0, 0.05) is 7.05 Å². The maximum absolute atomic E-state index is 11.5. The molecular formula is C10H8BrNO3. The normalized spacial score (nSPS) is 13.1. The molecule has 0 atom stereocenters. The maximum atomic E-state index is 11.5. The van der Waals surface area contributed by atoms with Crippen molar-refractivity contribution in [3.8, 4) is 11.5 Å². The van der Waals surface area contributed by atoms with Gasteiger partial charge in [0.1, 0.15) is 6.26 Å². The number of benzene rings is 1. The third-order valence-corrected chi connectivity index (χ3v) is 2.28. The Morgan fingerprint density at radius 2 is 2.27 bits per heavy atom. The van der Waals surface area contributed by atoms with Crippen LogP contribution in [0.5, 0.6) is 11.5 Å². The lowest BCUT2D eigenvalue weighted by atomic mass is 10.1. The number of hydrogen-bond acceptors (Lipinski definition) is 3. The highest BCUT2D eigenvalue weighted by atomic mass is 79.9. The van der Waals surface area contributed by atoms with Crippen molar-refractivity contribution in [2.75, 3.05) is 7.05 Å². The molecule has 15 heavy (non-hydrogen) atoms. The molecule has 0 radical (unpaired) electrons. The third-order valence-electron chi connectivity index (χ3n) is 1.93. The molecule has 4 nitrogen and oxygen atoms in total. The number of ether oxygens (including phenoxy) is 2. The summed E-state index contributed by atoms with van der Waals surface area (Å²) in [4.78, 5) is 11.5. The van der Waals surface area contributed by atoms with Crippen LogP contribution in [0, 0.1) is 0 Å². The van der Waals surface area contributed by atoms with E-state index in [1.54, 1.807) is 25.2 Å². The topological polar surface area (TPSA) is 47.6 Å². The summed E-state index contributed by atoms with van der Waals surface area (Å²) in [6.45, 7) is 0. The summed E-state index contributed by atoms with van der Waals surface area (Å²) in [6.07, 6.45) is 1.40. The molecule has 0 saturated heterocycles. The minimum atomic E-state index is -0.207. The molecular weight excluding hydrogens is 262 g/mol. The molecule has 1 amide bonds. The zero-order valence-corrected chi connectivity index (χ0v) is 9.50. The van der Waals surface area contributed by atoms with E-state index in [-0.39, 0.29) is 5.91 Å². The fraction of sp³-hybridized carbons (Fsp3) is 0.100. The molecule has 5 heteroatoms. The summed E-state index contributed by atoms with van der Waals surface area (Å²) < 4.78 is 11.1. The molecule has 1 aliphatic heterocycles. The second kappa shape index (κ2) is 3.94. The lowest BCUT2D eigenvalue weighted by Crippen LogP contribution is -2.19. The van der Waals surface area contributed by atoms with Crippen molar-refractivity contribution in [1.82, 2.24) is 5.32 Å². The molecule has 2 rings (SSSR count). The average molecular weight is 270 g/mol. The first kappa shape index (κ1) is 10.0. The molecule has 0 fully saturated rings. The maximum Gasteiger partial charge on any atom is 0.254 e. The van der Waals surface area contributed by atoms with Crippen LogP contribution in [0.1, 0.15) is 10.4 Å². The molecule has 0 aliphatic carbocycles. The summed E-state index contributed by atoms with van der Waals surface area (Å²) in [5.41, 5.74) is 0.450. The van der Waals surface area contributed by atoms with Gasteiger partial charge in [-0.3, -0.25) is 4.79 Å². The van der Waals surface area contributed by atoms with Crippen molar-refractivity contribution in [2.24, 2.45) is 0 Å². The summed E-state index contributed by atoms with van der Waals surface area (Å²) in [5, 5.41) is 2.54. The van der Waals surface area contributed by atoms with Crippen LogP contribution >= 0.6 is 15.9 Å². The number of amides is 1. The van der Waals surface area contributed by atoms with Crippen molar-refractivity contribution in [3.63, 3.8) is 0 Å². The number of rotatable bonds is 1. The molecule has 0 spiro atoms. The number of halogens is 1. The van der Waals surface area contributed by atoms with Crippen molar-refractivity contribution >= 4 is 21.8 Å². The summed E-state index contributed by atoms with van der Waals surface area (Å²) >= 11 is 3.15. The zero-order valence-electron chi connectivity index (χ0n) is 7.91. The largest absolute Gasteiger partial charge is 0.456 e.